The van der Waals surface area contributed by atoms with E-state index >= 15 is 0 Å². The molecular formula is C24H20ClN3O4S2. The highest BCUT2D eigenvalue weighted by Gasteiger charge is 2.22. The number of rotatable bonds is 6. The average Bonchev–Trinajstić information content (AvgIpc) is 3.38. The summed E-state index contributed by atoms with van der Waals surface area (Å²) in [6.45, 7) is 0.970. The molecule has 1 fully saturated rings. The first-order valence-electron chi connectivity index (χ1n) is 10.6. The van der Waals surface area contributed by atoms with E-state index in [1.165, 1.54) is 12.1 Å². The molecule has 0 unspecified atom stereocenters. The van der Waals surface area contributed by atoms with Crippen molar-refractivity contribution in [2.24, 2.45) is 0 Å². The first-order valence-corrected chi connectivity index (χ1v) is 13.3. The van der Waals surface area contributed by atoms with Gasteiger partial charge in [-0.05, 0) is 60.5 Å². The number of hydrogen-bond acceptors (Lipinski definition) is 5. The minimum atomic E-state index is -3.87. The quantitative estimate of drug-likeness (QED) is 0.405. The zero-order chi connectivity index (χ0) is 23.9. The van der Waals surface area contributed by atoms with Crippen LogP contribution in [0.2, 0.25) is 5.02 Å². The van der Waals surface area contributed by atoms with Crippen molar-refractivity contribution in [3.63, 3.8) is 0 Å². The van der Waals surface area contributed by atoms with Crippen molar-refractivity contribution in [3.8, 4) is 0 Å². The van der Waals surface area contributed by atoms with E-state index in [9.17, 15) is 18.0 Å². The van der Waals surface area contributed by atoms with E-state index < -0.39 is 10.0 Å². The smallest absolute Gasteiger partial charge is 0.308 e. The van der Waals surface area contributed by atoms with Crippen molar-refractivity contribution in [2.75, 3.05) is 16.2 Å². The summed E-state index contributed by atoms with van der Waals surface area (Å²) in [7, 11) is -3.87. The third kappa shape index (κ3) is 4.34. The Labute approximate surface area is 205 Å². The SMILES string of the molecule is O=C1CCCN1c1ccc(NS(=O)(=O)c2ccc3c(c2)sc(=O)n3Cc2ccccc2Cl)cc1. The van der Waals surface area contributed by atoms with Crippen molar-refractivity contribution in [2.45, 2.75) is 24.3 Å². The number of carbonyl (C=O) groups is 1. The number of halogens is 1. The Morgan fingerprint density at radius 3 is 2.47 bits per heavy atom. The van der Waals surface area contributed by atoms with Gasteiger partial charge in [-0.25, -0.2) is 8.42 Å². The molecule has 0 aliphatic carbocycles. The summed E-state index contributed by atoms with van der Waals surface area (Å²) in [5.74, 6) is 0.0714. The molecule has 1 aliphatic rings. The fourth-order valence-electron chi connectivity index (χ4n) is 4.01. The van der Waals surface area contributed by atoms with E-state index in [0.717, 1.165) is 29.0 Å². The standard InChI is InChI=1S/C24H20ClN3O4S2/c25-20-5-2-1-4-16(20)15-28-21-12-11-19(14-22(21)33-24(28)30)34(31,32)26-17-7-9-18(10-8-17)27-13-3-6-23(27)29/h1-2,4-5,7-12,14,26H,3,6,13,15H2. The van der Waals surface area contributed by atoms with E-state index in [1.54, 1.807) is 45.9 Å². The molecule has 7 nitrogen and oxygen atoms in total. The molecule has 1 amide bonds. The van der Waals surface area contributed by atoms with Crippen molar-refractivity contribution in [3.05, 3.63) is 87.0 Å². The molecule has 1 saturated heterocycles. The number of benzene rings is 3. The lowest BCUT2D eigenvalue weighted by Crippen LogP contribution is -2.23. The van der Waals surface area contributed by atoms with Gasteiger partial charge in [0.15, 0.2) is 0 Å². The molecular weight excluding hydrogens is 494 g/mol. The number of hydrogen-bond donors (Lipinski definition) is 1. The molecule has 0 saturated carbocycles. The zero-order valence-electron chi connectivity index (χ0n) is 17.9. The second kappa shape index (κ2) is 8.90. The van der Waals surface area contributed by atoms with E-state index in [-0.39, 0.29) is 15.7 Å². The summed E-state index contributed by atoms with van der Waals surface area (Å²) in [4.78, 5) is 26.1. The molecule has 10 heteroatoms. The summed E-state index contributed by atoms with van der Waals surface area (Å²) in [6.07, 6.45) is 1.35. The topological polar surface area (TPSA) is 88.5 Å². The average molecular weight is 514 g/mol. The van der Waals surface area contributed by atoms with Crippen molar-refractivity contribution >= 4 is 60.5 Å². The highest BCUT2D eigenvalue weighted by atomic mass is 35.5. The second-order valence-corrected chi connectivity index (χ2v) is 11.1. The number of aromatic nitrogens is 1. The number of nitrogens with one attached hydrogen (secondary N) is 1. The lowest BCUT2D eigenvalue weighted by molar-refractivity contribution is -0.117. The number of sulfonamides is 1. The van der Waals surface area contributed by atoms with Crippen molar-refractivity contribution in [1.82, 2.24) is 4.57 Å². The molecule has 0 spiro atoms. The third-order valence-electron chi connectivity index (χ3n) is 5.74. The molecule has 2 heterocycles. The van der Waals surface area contributed by atoms with Crippen LogP contribution in [0, 0.1) is 0 Å². The predicted octanol–water partition coefficient (Wildman–Crippen LogP) is 4.69. The van der Waals surface area contributed by atoms with Crippen LogP contribution in [0.1, 0.15) is 18.4 Å². The van der Waals surface area contributed by atoms with Crippen LogP contribution in [-0.4, -0.2) is 25.4 Å². The van der Waals surface area contributed by atoms with Gasteiger partial charge in [-0.1, -0.05) is 41.1 Å². The summed E-state index contributed by atoms with van der Waals surface area (Å²) in [5, 5.41) is 0.567. The highest BCUT2D eigenvalue weighted by Crippen LogP contribution is 2.27. The molecule has 1 N–H and O–H groups in total. The second-order valence-electron chi connectivity index (χ2n) is 7.98. The Hall–Kier alpha value is -3.14. The van der Waals surface area contributed by atoms with Crippen LogP contribution in [-0.2, 0) is 21.4 Å². The van der Waals surface area contributed by atoms with Gasteiger partial charge in [-0.2, -0.15) is 0 Å². The largest absolute Gasteiger partial charge is 0.312 e. The first kappa shape index (κ1) is 22.6. The minimum Gasteiger partial charge on any atom is -0.312 e. The molecule has 0 bridgehead atoms. The predicted molar refractivity (Wildman–Crippen MR) is 135 cm³/mol. The van der Waals surface area contributed by atoms with Gasteiger partial charge in [-0.15, -0.1) is 0 Å². The Bertz CT molecular complexity index is 1560. The van der Waals surface area contributed by atoms with Crippen LogP contribution in [0.5, 0.6) is 0 Å². The number of carbonyl (C=O) groups excluding carboxylic acids is 1. The van der Waals surface area contributed by atoms with Crippen molar-refractivity contribution < 1.29 is 13.2 Å². The van der Waals surface area contributed by atoms with Gasteiger partial charge in [0.25, 0.3) is 10.0 Å². The highest BCUT2D eigenvalue weighted by molar-refractivity contribution is 7.92. The summed E-state index contributed by atoms with van der Waals surface area (Å²) < 4.78 is 30.7. The van der Waals surface area contributed by atoms with E-state index in [4.69, 9.17) is 11.6 Å². The number of thiazole rings is 1. The fourth-order valence-corrected chi connectivity index (χ4v) is 6.29. The molecule has 4 aromatic rings. The third-order valence-corrected chi connectivity index (χ3v) is 8.43. The normalized spacial score (nSPS) is 14.1. The van der Waals surface area contributed by atoms with E-state index in [1.807, 2.05) is 18.2 Å². The number of amides is 1. The Morgan fingerprint density at radius 1 is 1.00 bits per heavy atom. The van der Waals surface area contributed by atoms with Gasteiger partial charge in [0.2, 0.25) is 5.91 Å². The van der Waals surface area contributed by atoms with Crippen LogP contribution in [0.3, 0.4) is 0 Å². The van der Waals surface area contributed by atoms with Gasteiger partial charge in [0.05, 0.1) is 21.7 Å². The maximum absolute atomic E-state index is 13.0. The van der Waals surface area contributed by atoms with Gasteiger partial charge < -0.3 is 4.90 Å². The van der Waals surface area contributed by atoms with E-state index in [0.29, 0.717) is 40.4 Å². The molecule has 1 aliphatic heterocycles. The minimum absolute atomic E-state index is 0.0601. The molecule has 3 aromatic carbocycles. The molecule has 5 rings (SSSR count). The first-order chi connectivity index (χ1) is 16.3. The number of nitrogens with zero attached hydrogens (tertiary/aromatic N) is 2. The molecule has 1 aromatic heterocycles. The zero-order valence-corrected chi connectivity index (χ0v) is 20.3. The summed E-state index contributed by atoms with van der Waals surface area (Å²) in [6, 6.07) is 18.6. The molecule has 174 valence electrons. The maximum Gasteiger partial charge on any atom is 0.308 e. The van der Waals surface area contributed by atoms with Crippen LogP contribution in [0.15, 0.2) is 76.4 Å². The lowest BCUT2D eigenvalue weighted by atomic mass is 10.2. The van der Waals surface area contributed by atoms with Gasteiger partial charge in [-0.3, -0.25) is 18.9 Å². The van der Waals surface area contributed by atoms with Crippen LogP contribution >= 0.6 is 22.9 Å². The van der Waals surface area contributed by atoms with Gasteiger partial charge >= 0.3 is 4.87 Å². The fraction of sp³-hybridized carbons (Fsp3) is 0.167. The molecule has 0 atom stereocenters. The van der Waals surface area contributed by atoms with Gasteiger partial charge in [0.1, 0.15) is 0 Å². The maximum atomic E-state index is 13.0. The number of anilines is 2. The Balaban J connectivity index is 1.40. The summed E-state index contributed by atoms with van der Waals surface area (Å²) >= 11 is 7.23. The van der Waals surface area contributed by atoms with E-state index in [2.05, 4.69) is 4.72 Å². The van der Waals surface area contributed by atoms with Crippen LogP contribution in [0.25, 0.3) is 10.2 Å². The monoisotopic (exact) mass is 513 g/mol. The van der Waals surface area contributed by atoms with Crippen molar-refractivity contribution in [1.29, 1.82) is 0 Å². The molecule has 0 radical (unpaired) electrons. The molecule has 34 heavy (non-hydrogen) atoms. The van der Waals surface area contributed by atoms with Crippen LogP contribution in [0.4, 0.5) is 11.4 Å². The Morgan fingerprint density at radius 2 is 1.76 bits per heavy atom. The van der Waals surface area contributed by atoms with Crippen LogP contribution < -0.4 is 14.5 Å². The Kier molecular flexibility index (Phi) is 5.93. The van der Waals surface area contributed by atoms with Gasteiger partial charge in [0, 0.05) is 29.4 Å². The number of fused-ring (bicyclic) bond motifs is 1. The lowest BCUT2D eigenvalue weighted by Gasteiger charge is -2.16. The summed E-state index contributed by atoms with van der Waals surface area (Å²) in [5.41, 5.74) is 2.59.